The predicted octanol–water partition coefficient (Wildman–Crippen LogP) is 2.36. The third kappa shape index (κ3) is 1.85. The number of aliphatic hydroxyl groups is 1. The summed E-state index contributed by atoms with van der Waals surface area (Å²) in [6.45, 7) is 2.99. The fraction of sp³-hybridized carbons (Fsp3) is 0.429. The molecule has 0 unspecified atom stereocenters. The average Bonchev–Trinajstić information content (AvgIpc) is 3.05. The van der Waals surface area contributed by atoms with Crippen LogP contribution < -0.4 is 5.32 Å². The number of para-hydroxylation sites is 1. The standard InChI is InChI=1S/C14H17NO2/c1-10-12(8-15-14(9-16)6-7-14)11-4-2-3-5-13(11)17-10/h2-5,15-16H,6-9H2,1H3. The summed E-state index contributed by atoms with van der Waals surface area (Å²) in [6, 6.07) is 8.09. The lowest BCUT2D eigenvalue weighted by Gasteiger charge is -2.13. The monoisotopic (exact) mass is 231 g/mol. The van der Waals surface area contributed by atoms with Crippen molar-refractivity contribution in [2.75, 3.05) is 6.61 Å². The van der Waals surface area contributed by atoms with Crippen molar-refractivity contribution < 1.29 is 9.52 Å². The lowest BCUT2D eigenvalue weighted by atomic mass is 10.1. The molecule has 2 aromatic rings. The van der Waals surface area contributed by atoms with Crippen LogP contribution in [0.2, 0.25) is 0 Å². The minimum atomic E-state index is -0.0230. The molecule has 1 saturated carbocycles. The molecule has 1 aromatic heterocycles. The molecule has 1 aliphatic rings. The molecular weight excluding hydrogens is 214 g/mol. The molecule has 0 amide bonds. The Morgan fingerprint density at radius 2 is 2.12 bits per heavy atom. The second kappa shape index (κ2) is 3.86. The van der Waals surface area contributed by atoms with Crippen LogP contribution in [-0.4, -0.2) is 17.3 Å². The van der Waals surface area contributed by atoms with Gasteiger partial charge in [-0.3, -0.25) is 0 Å². The van der Waals surface area contributed by atoms with E-state index < -0.39 is 0 Å². The van der Waals surface area contributed by atoms with Gasteiger partial charge in [0.1, 0.15) is 11.3 Å². The third-order valence-electron chi connectivity index (χ3n) is 3.70. The smallest absolute Gasteiger partial charge is 0.134 e. The highest BCUT2D eigenvalue weighted by Crippen LogP contribution is 2.35. The second-order valence-corrected chi connectivity index (χ2v) is 4.92. The van der Waals surface area contributed by atoms with Gasteiger partial charge in [0, 0.05) is 23.0 Å². The summed E-state index contributed by atoms with van der Waals surface area (Å²) >= 11 is 0. The van der Waals surface area contributed by atoms with Gasteiger partial charge in [-0.05, 0) is 25.8 Å². The van der Waals surface area contributed by atoms with Crippen molar-refractivity contribution in [1.29, 1.82) is 0 Å². The molecule has 1 fully saturated rings. The molecule has 0 aliphatic heterocycles. The van der Waals surface area contributed by atoms with Crippen LogP contribution in [0.5, 0.6) is 0 Å². The van der Waals surface area contributed by atoms with E-state index in [2.05, 4.69) is 11.4 Å². The number of hydrogen-bond acceptors (Lipinski definition) is 3. The highest BCUT2D eigenvalue weighted by Gasteiger charge is 2.41. The Morgan fingerprint density at radius 3 is 2.82 bits per heavy atom. The third-order valence-corrected chi connectivity index (χ3v) is 3.70. The van der Waals surface area contributed by atoms with Gasteiger partial charge >= 0.3 is 0 Å². The molecule has 0 saturated heterocycles. The van der Waals surface area contributed by atoms with Crippen LogP contribution in [0, 0.1) is 6.92 Å². The SMILES string of the molecule is Cc1oc2ccccc2c1CNC1(CO)CC1. The summed E-state index contributed by atoms with van der Waals surface area (Å²) in [5, 5.41) is 13.9. The zero-order chi connectivity index (χ0) is 11.9. The molecule has 90 valence electrons. The van der Waals surface area contributed by atoms with Crippen LogP contribution in [0.15, 0.2) is 28.7 Å². The van der Waals surface area contributed by atoms with E-state index in [0.29, 0.717) is 0 Å². The largest absolute Gasteiger partial charge is 0.461 e. The van der Waals surface area contributed by atoms with Crippen molar-refractivity contribution in [3.05, 3.63) is 35.6 Å². The fourth-order valence-electron chi connectivity index (χ4n) is 2.26. The van der Waals surface area contributed by atoms with Crippen molar-refractivity contribution in [2.24, 2.45) is 0 Å². The molecule has 1 aromatic carbocycles. The van der Waals surface area contributed by atoms with Gasteiger partial charge in [-0.1, -0.05) is 18.2 Å². The van der Waals surface area contributed by atoms with E-state index in [1.165, 1.54) is 10.9 Å². The molecule has 0 radical (unpaired) electrons. The quantitative estimate of drug-likeness (QED) is 0.849. The van der Waals surface area contributed by atoms with Crippen LogP contribution in [-0.2, 0) is 6.54 Å². The van der Waals surface area contributed by atoms with Gasteiger partial charge in [-0.25, -0.2) is 0 Å². The Bertz CT molecular complexity index is 540. The molecule has 2 N–H and O–H groups in total. The second-order valence-electron chi connectivity index (χ2n) is 4.92. The van der Waals surface area contributed by atoms with E-state index in [0.717, 1.165) is 30.7 Å². The molecular formula is C14H17NO2. The summed E-state index contributed by atoms with van der Waals surface area (Å²) < 4.78 is 5.72. The maximum atomic E-state index is 9.28. The van der Waals surface area contributed by atoms with Gasteiger partial charge in [-0.2, -0.15) is 0 Å². The number of aryl methyl sites for hydroxylation is 1. The Balaban J connectivity index is 1.87. The molecule has 0 spiro atoms. The maximum Gasteiger partial charge on any atom is 0.134 e. The van der Waals surface area contributed by atoms with Crippen molar-refractivity contribution in [2.45, 2.75) is 31.8 Å². The normalized spacial score (nSPS) is 17.5. The van der Waals surface area contributed by atoms with Gasteiger partial charge < -0.3 is 14.8 Å². The number of furan rings is 1. The van der Waals surface area contributed by atoms with Crippen LogP contribution in [0.1, 0.15) is 24.2 Å². The van der Waals surface area contributed by atoms with Crippen LogP contribution >= 0.6 is 0 Å². The van der Waals surface area contributed by atoms with E-state index in [4.69, 9.17) is 4.42 Å². The lowest BCUT2D eigenvalue weighted by Crippen LogP contribution is -2.34. The number of hydrogen-bond donors (Lipinski definition) is 2. The van der Waals surface area contributed by atoms with E-state index in [9.17, 15) is 5.11 Å². The zero-order valence-electron chi connectivity index (χ0n) is 9.99. The topological polar surface area (TPSA) is 45.4 Å². The highest BCUT2D eigenvalue weighted by molar-refractivity contribution is 5.82. The first-order chi connectivity index (χ1) is 8.24. The molecule has 3 nitrogen and oxygen atoms in total. The molecule has 0 atom stereocenters. The van der Waals surface area contributed by atoms with E-state index in [-0.39, 0.29) is 12.1 Å². The molecule has 0 bridgehead atoms. The predicted molar refractivity (Wildman–Crippen MR) is 66.8 cm³/mol. The summed E-state index contributed by atoms with van der Waals surface area (Å²) in [4.78, 5) is 0. The number of fused-ring (bicyclic) bond motifs is 1. The van der Waals surface area contributed by atoms with Crippen LogP contribution in [0.25, 0.3) is 11.0 Å². The lowest BCUT2D eigenvalue weighted by molar-refractivity contribution is 0.229. The van der Waals surface area contributed by atoms with Crippen molar-refractivity contribution in [1.82, 2.24) is 5.32 Å². The van der Waals surface area contributed by atoms with Gasteiger partial charge in [-0.15, -0.1) is 0 Å². The van der Waals surface area contributed by atoms with Crippen LogP contribution in [0.4, 0.5) is 0 Å². The van der Waals surface area contributed by atoms with Gasteiger partial charge in [0.05, 0.1) is 6.61 Å². The van der Waals surface area contributed by atoms with E-state index >= 15 is 0 Å². The Hall–Kier alpha value is -1.32. The number of nitrogens with one attached hydrogen (secondary N) is 1. The minimum Gasteiger partial charge on any atom is -0.461 e. The summed E-state index contributed by atoms with van der Waals surface area (Å²) in [5.41, 5.74) is 2.13. The van der Waals surface area contributed by atoms with Crippen molar-refractivity contribution in [3.63, 3.8) is 0 Å². The summed E-state index contributed by atoms with van der Waals surface area (Å²) in [7, 11) is 0. The minimum absolute atomic E-state index is 0.0230. The van der Waals surface area contributed by atoms with Gasteiger partial charge in [0.25, 0.3) is 0 Å². The summed E-state index contributed by atoms with van der Waals surface area (Å²) in [6.07, 6.45) is 2.14. The average molecular weight is 231 g/mol. The number of aliphatic hydroxyl groups excluding tert-OH is 1. The first kappa shape index (κ1) is 10.8. The fourth-order valence-corrected chi connectivity index (χ4v) is 2.26. The molecule has 1 aliphatic carbocycles. The zero-order valence-corrected chi connectivity index (χ0v) is 9.99. The van der Waals surface area contributed by atoms with Crippen molar-refractivity contribution in [3.8, 4) is 0 Å². The highest BCUT2D eigenvalue weighted by atomic mass is 16.3. The van der Waals surface area contributed by atoms with Gasteiger partial charge in [0.15, 0.2) is 0 Å². The number of benzene rings is 1. The first-order valence-corrected chi connectivity index (χ1v) is 6.07. The first-order valence-electron chi connectivity index (χ1n) is 6.07. The Kier molecular flexibility index (Phi) is 2.45. The molecule has 1 heterocycles. The Morgan fingerprint density at radius 1 is 1.35 bits per heavy atom. The van der Waals surface area contributed by atoms with Crippen LogP contribution in [0.3, 0.4) is 0 Å². The number of rotatable bonds is 4. The Labute approximate surface area is 100 Å². The maximum absolute atomic E-state index is 9.28. The molecule has 3 heteroatoms. The summed E-state index contributed by atoms with van der Waals surface area (Å²) in [5.74, 6) is 0.965. The van der Waals surface area contributed by atoms with E-state index in [1.54, 1.807) is 0 Å². The van der Waals surface area contributed by atoms with Crippen molar-refractivity contribution >= 4 is 11.0 Å². The molecule has 17 heavy (non-hydrogen) atoms. The van der Waals surface area contributed by atoms with E-state index in [1.807, 2.05) is 25.1 Å². The van der Waals surface area contributed by atoms with Gasteiger partial charge in [0.2, 0.25) is 0 Å². The molecule has 3 rings (SSSR count).